The van der Waals surface area contributed by atoms with Crippen LogP contribution in [0.1, 0.15) is 72.6 Å². The van der Waals surface area contributed by atoms with Crippen LogP contribution >= 0.6 is 0 Å². The topological polar surface area (TPSA) is 91.3 Å². The van der Waals surface area contributed by atoms with Gasteiger partial charge >= 0.3 is 11.9 Å². The fourth-order valence-electron chi connectivity index (χ4n) is 8.75. The first-order valence-corrected chi connectivity index (χ1v) is 12.4. The number of aliphatic hydroxyl groups excluding tert-OH is 1. The van der Waals surface area contributed by atoms with Crippen molar-refractivity contribution in [3.8, 4) is 0 Å². The summed E-state index contributed by atoms with van der Waals surface area (Å²) in [5, 5.41) is 10.5. The van der Waals surface area contributed by atoms with Crippen molar-refractivity contribution in [2.24, 2.45) is 34.5 Å². The number of hydrogen-bond acceptors (Lipinski definition) is 7. The molecule has 9 atom stereocenters. The van der Waals surface area contributed by atoms with Gasteiger partial charge in [-0.05, 0) is 55.8 Å². The fraction of sp³-hybridized carbons (Fsp3) is 0.920. The minimum absolute atomic E-state index is 0.0283. The van der Waals surface area contributed by atoms with Gasteiger partial charge in [-0.1, -0.05) is 13.8 Å². The van der Waals surface area contributed by atoms with Gasteiger partial charge in [0.1, 0.15) is 12.2 Å². The lowest BCUT2D eigenvalue weighted by Crippen LogP contribution is -2.66. The first-order chi connectivity index (χ1) is 15.1. The van der Waals surface area contributed by atoms with E-state index in [1.807, 2.05) is 0 Å². The standard InChI is InChI=1S/C25H38O7/c1-14(26)31-21-19-13-16(28)5-8-23(19,3)17-6-9-24(4)18(20(17)22(21)32-15(2)27)7-10-25(24)29-11-12-30-25/h16-22,28H,5-13H2,1-4H3/t16-,17?,18?,19?,20?,21-,22?,23-,24+/m1/s1. The molecule has 5 unspecified atom stereocenters. The summed E-state index contributed by atoms with van der Waals surface area (Å²) in [6.45, 7) is 8.71. The Hall–Kier alpha value is -1.18. The molecule has 1 heterocycles. The lowest BCUT2D eigenvalue weighted by Gasteiger charge is -2.64. The molecule has 0 bridgehead atoms. The summed E-state index contributed by atoms with van der Waals surface area (Å²) < 4.78 is 24.5. The fourth-order valence-corrected chi connectivity index (χ4v) is 8.75. The molecule has 7 nitrogen and oxygen atoms in total. The first-order valence-electron chi connectivity index (χ1n) is 12.4. The second-order valence-electron chi connectivity index (χ2n) is 11.4. The molecular formula is C25H38O7. The highest BCUT2D eigenvalue weighted by Gasteiger charge is 2.71. The number of carbonyl (C=O) groups is 2. The van der Waals surface area contributed by atoms with E-state index in [-0.39, 0.29) is 40.5 Å². The summed E-state index contributed by atoms with van der Waals surface area (Å²) in [6.07, 6.45) is 4.58. The second-order valence-corrected chi connectivity index (χ2v) is 11.4. The number of aliphatic hydroxyl groups is 1. The highest BCUT2D eigenvalue weighted by atomic mass is 16.7. The van der Waals surface area contributed by atoms with Gasteiger partial charge in [0.2, 0.25) is 0 Å². The molecule has 1 aliphatic heterocycles. The molecule has 0 amide bonds. The third-order valence-corrected chi connectivity index (χ3v) is 10.1. The number of carbonyl (C=O) groups excluding carboxylic acids is 2. The van der Waals surface area contributed by atoms with E-state index in [4.69, 9.17) is 18.9 Å². The van der Waals surface area contributed by atoms with Crippen LogP contribution in [0.5, 0.6) is 0 Å². The SMILES string of the molecule is CC(=O)OC1C2C(CC[C@@]3(C)C2CCC32OCCO2)[C@@]2(C)CC[C@@H](O)CC2[C@H]1OC(C)=O. The Morgan fingerprint density at radius 3 is 2.12 bits per heavy atom. The molecule has 1 saturated heterocycles. The molecule has 180 valence electrons. The normalized spacial score (nSPS) is 49.1. The van der Waals surface area contributed by atoms with Gasteiger partial charge in [0, 0.05) is 37.5 Å². The smallest absolute Gasteiger partial charge is 0.303 e. The third-order valence-electron chi connectivity index (χ3n) is 10.1. The first kappa shape index (κ1) is 22.6. The van der Waals surface area contributed by atoms with E-state index in [1.165, 1.54) is 13.8 Å². The van der Waals surface area contributed by atoms with Crippen LogP contribution in [0.2, 0.25) is 0 Å². The maximum atomic E-state index is 12.3. The summed E-state index contributed by atoms with van der Waals surface area (Å²) >= 11 is 0. The van der Waals surface area contributed by atoms with Crippen LogP contribution < -0.4 is 0 Å². The van der Waals surface area contributed by atoms with Crippen LogP contribution in [0.3, 0.4) is 0 Å². The van der Waals surface area contributed by atoms with Crippen molar-refractivity contribution in [2.75, 3.05) is 13.2 Å². The van der Waals surface area contributed by atoms with Crippen molar-refractivity contribution in [3.05, 3.63) is 0 Å². The second kappa shape index (κ2) is 7.67. The number of fused-ring (bicyclic) bond motifs is 6. The zero-order chi connectivity index (χ0) is 22.9. The van der Waals surface area contributed by atoms with Crippen molar-refractivity contribution in [3.63, 3.8) is 0 Å². The quantitative estimate of drug-likeness (QED) is 0.646. The van der Waals surface area contributed by atoms with Gasteiger partial charge in [0.05, 0.1) is 19.3 Å². The van der Waals surface area contributed by atoms with Gasteiger partial charge in [0.15, 0.2) is 5.79 Å². The summed E-state index contributed by atoms with van der Waals surface area (Å²) in [5.41, 5.74) is -0.240. The highest BCUT2D eigenvalue weighted by molar-refractivity contribution is 5.67. The van der Waals surface area contributed by atoms with Gasteiger partial charge in [-0.25, -0.2) is 0 Å². The van der Waals surface area contributed by atoms with E-state index in [0.29, 0.717) is 25.6 Å². The van der Waals surface area contributed by atoms with Gasteiger partial charge in [0.25, 0.3) is 0 Å². The number of hydrogen-bond donors (Lipinski definition) is 1. The Kier molecular flexibility index (Phi) is 5.42. The van der Waals surface area contributed by atoms with Crippen LogP contribution in [-0.4, -0.2) is 54.4 Å². The van der Waals surface area contributed by atoms with Crippen LogP contribution in [0, 0.1) is 34.5 Å². The summed E-state index contributed by atoms with van der Waals surface area (Å²) in [7, 11) is 0. The van der Waals surface area contributed by atoms with Gasteiger partial charge < -0.3 is 24.1 Å². The van der Waals surface area contributed by atoms with Crippen molar-refractivity contribution in [2.45, 2.75) is 96.7 Å². The van der Waals surface area contributed by atoms with E-state index < -0.39 is 24.1 Å². The molecule has 5 fully saturated rings. The number of ether oxygens (including phenoxy) is 4. The predicted molar refractivity (Wildman–Crippen MR) is 114 cm³/mol. The molecule has 0 radical (unpaired) electrons. The molecule has 4 aliphatic carbocycles. The molecule has 5 aliphatic rings. The van der Waals surface area contributed by atoms with Crippen LogP contribution in [0.15, 0.2) is 0 Å². The minimum Gasteiger partial charge on any atom is -0.458 e. The average Bonchev–Trinajstić information content (AvgIpc) is 3.31. The van der Waals surface area contributed by atoms with E-state index in [1.54, 1.807) is 0 Å². The molecule has 0 aromatic carbocycles. The van der Waals surface area contributed by atoms with Crippen LogP contribution in [0.25, 0.3) is 0 Å². The minimum atomic E-state index is -0.555. The molecule has 4 saturated carbocycles. The molecule has 32 heavy (non-hydrogen) atoms. The third kappa shape index (κ3) is 3.10. The summed E-state index contributed by atoms with van der Waals surface area (Å²) in [5.74, 6) is -0.626. The van der Waals surface area contributed by atoms with Crippen LogP contribution in [0.4, 0.5) is 0 Å². The van der Waals surface area contributed by atoms with Gasteiger partial charge in [-0.15, -0.1) is 0 Å². The largest absolute Gasteiger partial charge is 0.458 e. The summed E-state index contributed by atoms with van der Waals surface area (Å²) in [4.78, 5) is 24.5. The predicted octanol–water partition coefficient (Wildman–Crippen LogP) is 3.22. The Morgan fingerprint density at radius 1 is 0.844 bits per heavy atom. The van der Waals surface area contributed by atoms with E-state index >= 15 is 0 Å². The Morgan fingerprint density at radius 2 is 1.47 bits per heavy atom. The maximum Gasteiger partial charge on any atom is 0.303 e. The van der Waals surface area contributed by atoms with Crippen molar-refractivity contribution >= 4 is 11.9 Å². The lowest BCUT2D eigenvalue weighted by molar-refractivity contribution is -0.273. The summed E-state index contributed by atoms with van der Waals surface area (Å²) in [6, 6.07) is 0. The van der Waals surface area contributed by atoms with Crippen LogP contribution in [-0.2, 0) is 28.5 Å². The maximum absolute atomic E-state index is 12.3. The zero-order valence-corrected chi connectivity index (χ0v) is 19.8. The van der Waals surface area contributed by atoms with Crippen molar-refractivity contribution < 1.29 is 33.6 Å². The molecule has 5 rings (SSSR count). The molecule has 0 aromatic heterocycles. The van der Waals surface area contributed by atoms with Crippen molar-refractivity contribution in [1.82, 2.24) is 0 Å². The Bertz CT molecular complexity index is 776. The molecule has 0 aromatic rings. The molecule has 7 heteroatoms. The van der Waals surface area contributed by atoms with Gasteiger partial charge in [-0.3, -0.25) is 9.59 Å². The highest BCUT2D eigenvalue weighted by Crippen LogP contribution is 2.70. The molecule has 1 spiro atoms. The Labute approximate surface area is 190 Å². The zero-order valence-electron chi connectivity index (χ0n) is 19.8. The van der Waals surface area contributed by atoms with Gasteiger partial charge in [-0.2, -0.15) is 0 Å². The van der Waals surface area contributed by atoms with E-state index in [0.717, 1.165) is 38.5 Å². The molecular weight excluding hydrogens is 412 g/mol. The number of esters is 2. The Balaban J connectivity index is 1.59. The monoisotopic (exact) mass is 450 g/mol. The van der Waals surface area contributed by atoms with E-state index in [2.05, 4.69) is 13.8 Å². The van der Waals surface area contributed by atoms with E-state index in [9.17, 15) is 14.7 Å². The lowest BCUT2D eigenvalue weighted by atomic mass is 9.43. The van der Waals surface area contributed by atoms with Crippen molar-refractivity contribution in [1.29, 1.82) is 0 Å². The average molecular weight is 451 g/mol. The molecule has 1 N–H and O–H groups in total. The number of rotatable bonds is 2.